The third-order valence-corrected chi connectivity index (χ3v) is 5.25. The Balaban J connectivity index is 1.47. The summed E-state index contributed by atoms with van der Waals surface area (Å²) in [6.07, 6.45) is 7.71. The summed E-state index contributed by atoms with van der Waals surface area (Å²) in [4.78, 5) is 42.3. The van der Waals surface area contributed by atoms with E-state index in [1.807, 2.05) is 0 Å². The Morgan fingerprint density at radius 2 is 1.49 bits per heavy atom. The van der Waals surface area contributed by atoms with Gasteiger partial charge in [-0.2, -0.15) is 0 Å². The van der Waals surface area contributed by atoms with Crippen LogP contribution in [0.4, 0.5) is 10.1 Å². The highest BCUT2D eigenvalue weighted by atomic mass is 19.1. The summed E-state index contributed by atoms with van der Waals surface area (Å²) in [5.41, 5.74) is 2.63. The Bertz CT molecular complexity index is 1450. The zero-order valence-electron chi connectivity index (χ0n) is 19.6. The summed E-state index contributed by atoms with van der Waals surface area (Å²) in [5.74, 6) is -1.56. The van der Waals surface area contributed by atoms with Gasteiger partial charge in [0, 0.05) is 29.2 Å². The van der Waals surface area contributed by atoms with Crippen molar-refractivity contribution in [3.8, 4) is 0 Å². The molecule has 0 atom stereocenters. The normalized spacial score (nSPS) is 11.2. The van der Waals surface area contributed by atoms with Crippen LogP contribution in [-0.4, -0.2) is 22.6 Å². The zero-order chi connectivity index (χ0) is 26.0. The number of benzene rings is 3. The second-order valence-electron chi connectivity index (χ2n) is 7.95. The molecule has 1 aromatic heterocycles. The highest BCUT2D eigenvalue weighted by Crippen LogP contribution is 2.14. The maximum Gasteiger partial charge on any atom is 0.272 e. The van der Waals surface area contributed by atoms with Gasteiger partial charge in [-0.15, -0.1) is 0 Å². The summed E-state index contributed by atoms with van der Waals surface area (Å²) >= 11 is 0. The fourth-order valence-corrected chi connectivity index (χ4v) is 3.33. The molecule has 0 bridgehead atoms. The average molecular weight is 492 g/mol. The summed E-state index contributed by atoms with van der Waals surface area (Å²) in [5, 5.41) is 5.40. The molecule has 182 valence electrons. The lowest BCUT2D eigenvalue weighted by Gasteiger charge is -2.11. The number of allylic oxidation sites excluding steroid dienone is 1. The van der Waals surface area contributed by atoms with E-state index in [0.717, 1.165) is 0 Å². The molecule has 3 aromatic carbocycles. The first-order chi connectivity index (χ1) is 18.0. The van der Waals surface area contributed by atoms with Gasteiger partial charge < -0.3 is 10.6 Å². The van der Waals surface area contributed by atoms with Crippen LogP contribution in [0, 0.1) is 5.82 Å². The fourth-order valence-electron chi connectivity index (χ4n) is 3.33. The van der Waals surface area contributed by atoms with E-state index in [1.165, 1.54) is 24.3 Å². The van der Waals surface area contributed by atoms with Crippen LogP contribution in [-0.2, 0) is 4.79 Å². The van der Waals surface area contributed by atoms with Crippen molar-refractivity contribution in [2.75, 3.05) is 5.32 Å². The number of carbonyl (C=O) groups excluding carboxylic acids is 3. The monoisotopic (exact) mass is 491 g/mol. The number of pyridine rings is 1. The minimum atomic E-state index is -0.539. The van der Waals surface area contributed by atoms with Crippen molar-refractivity contribution in [2.45, 2.75) is 0 Å². The summed E-state index contributed by atoms with van der Waals surface area (Å²) in [6, 6.07) is 24.2. The molecule has 0 unspecified atom stereocenters. The van der Waals surface area contributed by atoms with E-state index in [1.54, 1.807) is 97.3 Å². The average Bonchev–Trinajstić information content (AvgIpc) is 2.93. The first kappa shape index (κ1) is 24.9. The quantitative estimate of drug-likeness (QED) is 0.251. The van der Waals surface area contributed by atoms with E-state index in [0.29, 0.717) is 27.9 Å². The number of amides is 2. The SMILES string of the molecule is O=C(Nc1ccc(C(=O)/C=C/c2ccc(F)cc2)cc1)/C(=C/c1cccnc1)NC(=O)c1ccccc1. The minimum absolute atomic E-state index is 0.0317. The van der Waals surface area contributed by atoms with Crippen LogP contribution in [0.15, 0.2) is 115 Å². The molecular weight excluding hydrogens is 469 g/mol. The van der Waals surface area contributed by atoms with Crippen molar-refractivity contribution >= 4 is 35.4 Å². The van der Waals surface area contributed by atoms with Crippen molar-refractivity contribution in [2.24, 2.45) is 0 Å². The number of nitrogens with zero attached hydrogens (tertiary/aromatic N) is 1. The predicted molar refractivity (Wildman–Crippen MR) is 141 cm³/mol. The van der Waals surface area contributed by atoms with E-state index < -0.39 is 11.8 Å². The molecule has 0 saturated heterocycles. The van der Waals surface area contributed by atoms with Gasteiger partial charge >= 0.3 is 0 Å². The lowest BCUT2D eigenvalue weighted by Crippen LogP contribution is -2.30. The van der Waals surface area contributed by atoms with Crippen molar-refractivity contribution in [1.82, 2.24) is 10.3 Å². The molecule has 4 rings (SSSR count). The first-order valence-corrected chi connectivity index (χ1v) is 11.4. The van der Waals surface area contributed by atoms with Gasteiger partial charge in [0.05, 0.1) is 0 Å². The van der Waals surface area contributed by atoms with Gasteiger partial charge in [0.2, 0.25) is 0 Å². The molecule has 0 aliphatic rings. The number of nitrogens with one attached hydrogen (secondary N) is 2. The topological polar surface area (TPSA) is 88.2 Å². The highest BCUT2D eigenvalue weighted by Gasteiger charge is 2.15. The molecule has 37 heavy (non-hydrogen) atoms. The molecular formula is C30H22FN3O3. The molecule has 1 heterocycles. The number of hydrogen-bond donors (Lipinski definition) is 2. The number of halogens is 1. The standard InChI is InChI=1S/C30H22FN3O3/c31-25-13-8-21(9-14-25)10-17-28(35)23-11-15-26(16-12-23)33-30(37)27(19-22-5-4-18-32-20-22)34-29(36)24-6-2-1-3-7-24/h1-20H,(H,33,37)(H,34,36)/b17-10+,27-19-. The summed E-state index contributed by atoms with van der Waals surface area (Å²) < 4.78 is 13.0. The van der Waals surface area contributed by atoms with Crippen LogP contribution in [0.3, 0.4) is 0 Å². The zero-order valence-corrected chi connectivity index (χ0v) is 19.6. The van der Waals surface area contributed by atoms with E-state index in [4.69, 9.17) is 0 Å². The van der Waals surface area contributed by atoms with Gasteiger partial charge in [-0.3, -0.25) is 19.4 Å². The third kappa shape index (κ3) is 7.16. The van der Waals surface area contributed by atoms with E-state index in [2.05, 4.69) is 15.6 Å². The molecule has 0 aliphatic heterocycles. The molecule has 7 heteroatoms. The Morgan fingerprint density at radius 3 is 2.16 bits per heavy atom. The smallest absolute Gasteiger partial charge is 0.272 e. The number of carbonyl (C=O) groups is 3. The van der Waals surface area contributed by atoms with Crippen molar-refractivity contribution in [1.29, 1.82) is 0 Å². The third-order valence-electron chi connectivity index (χ3n) is 5.25. The number of anilines is 1. The van der Waals surface area contributed by atoms with Gasteiger partial charge in [0.25, 0.3) is 11.8 Å². The molecule has 0 aliphatic carbocycles. The lowest BCUT2D eigenvalue weighted by atomic mass is 10.1. The van der Waals surface area contributed by atoms with Crippen LogP contribution < -0.4 is 10.6 Å². The van der Waals surface area contributed by atoms with Gasteiger partial charge in [-0.25, -0.2) is 4.39 Å². The number of ketones is 1. The Labute approximate surface area is 213 Å². The largest absolute Gasteiger partial charge is 0.321 e. The maximum atomic E-state index is 13.1. The van der Waals surface area contributed by atoms with E-state index in [-0.39, 0.29) is 17.3 Å². The Morgan fingerprint density at radius 1 is 0.757 bits per heavy atom. The minimum Gasteiger partial charge on any atom is -0.321 e. The molecule has 4 aromatic rings. The molecule has 0 radical (unpaired) electrons. The van der Waals surface area contributed by atoms with Gasteiger partial charge in [-0.05, 0) is 77.9 Å². The molecule has 2 amide bonds. The Kier molecular flexibility index (Phi) is 8.08. The van der Waals surface area contributed by atoms with Crippen LogP contribution in [0.1, 0.15) is 31.8 Å². The van der Waals surface area contributed by atoms with Gasteiger partial charge in [0.15, 0.2) is 5.78 Å². The fraction of sp³-hybridized carbons (Fsp3) is 0. The van der Waals surface area contributed by atoms with Crippen molar-refractivity contribution in [3.63, 3.8) is 0 Å². The second-order valence-corrected chi connectivity index (χ2v) is 7.95. The molecule has 6 nitrogen and oxygen atoms in total. The van der Waals surface area contributed by atoms with E-state index in [9.17, 15) is 18.8 Å². The van der Waals surface area contributed by atoms with Gasteiger partial charge in [-0.1, -0.05) is 42.5 Å². The predicted octanol–water partition coefficient (Wildman–Crippen LogP) is 5.53. The molecule has 0 saturated carbocycles. The second kappa shape index (κ2) is 12.0. The summed E-state index contributed by atoms with van der Waals surface area (Å²) in [7, 11) is 0. The Hall–Kier alpha value is -5.17. The molecule has 0 fully saturated rings. The van der Waals surface area contributed by atoms with Crippen LogP contribution in [0.5, 0.6) is 0 Å². The highest BCUT2D eigenvalue weighted by molar-refractivity contribution is 6.11. The summed E-state index contributed by atoms with van der Waals surface area (Å²) in [6.45, 7) is 0. The lowest BCUT2D eigenvalue weighted by molar-refractivity contribution is -0.113. The van der Waals surface area contributed by atoms with Crippen LogP contribution >= 0.6 is 0 Å². The van der Waals surface area contributed by atoms with Crippen molar-refractivity contribution < 1.29 is 18.8 Å². The molecule has 2 N–H and O–H groups in total. The van der Waals surface area contributed by atoms with Gasteiger partial charge in [0.1, 0.15) is 11.5 Å². The number of rotatable bonds is 8. The van der Waals surface area contributed by atoms with Crippen molar-refractivity contribution in [3.05, 3.63) is 143 Å². The molecule has 0 spiro atoms. The van der Waals surface area contributed by atoms with Crippen LogP contribution in [0.25, 0.3) is 12.2 Å². The number of hydrogen-bond acceptors (Lipinski definition) is 4. The van der Waals surface area contributed by atoms with E-state index >= 15 is 0 Å². The van der Waals surface area contributed by atoms with Crippen LogP contribution in [0.2, 0.25) is 0 Å². The number of aromatic nitrogens is 1. The first-order valence-electron chi connectivity index (χ1n) is 11.4. The maximum absolute atomic E-state index is 13.1.